The molecule has 0 aliphatic heterocycles. The maximum atomic E-state index is 12.0. The van der Waals surface area contributed by atoms with Crippen LogP contribution in [0.3, 0.4) is 0 Å². The van der Waals surface area contributed by atoms with Crippen molar-refractivity contribution in [2.24, 2.45) is 0 Å². The number of aromatic nitrogens is 1. The van der Waals surface area contributed by atoms with Crippen molar-refractivity contribution in [2.75, 3.05) is 0 Å². The van der Waals surface area contributed by atoms with E-state index in [1.807, 2.05) is 31.2 Å². The molecule has 1 atom stereocenters. The number of unbranched alkanes of at least 4 members (excludes halogenated alkanes) is 1. The third-order valence-corrected chi connectivity index (χ3v) is 3.63. The van der Waals surface area contributed by atoms with Gasteiger partial charge in [-0.05, 0) is 36.4 Å². The lowest BCUT2D eigenvalue weighted by Crippen LogP contribution is -2.14. The molecule has 0 spiro atoms. The van der Waals surface area contributed by atoms with Crippen molar-refractivity contribution in [1.82, 2.24) is 4.98 Å². The van der Waals surface area contributed by atoms with Gasteiger partial charge in [0.1, 0.15) is 0 Å². The van der Waals surface area contributed by atoms with E-state index in [0.717, 1.165) is 35.7 Å². The van der Waals surface area contributed by atoms with Crippen LogP contribution in [0.1, 0.15) is 42.7 Å². The lowest BCUT2D eigenvalue weighted by atomic mass is 10.1. The van der Waals surface area contributed by atoms with Crippen LogP contribution < -0.4 is 5.56 Å². The summed E-state index contributed by atoms with van der Waals surface area (Å²) in [6.45, 7) is 4.13. The molecule has 0 aliphatic rings. The first-order chi connectivity index (χ1) is 8.61. The summed E-state index contributed by atoms with van der Waals surface area (Å²) in [4.78, 5) is 14.9. The fraction of sp³-hybridized carbons (Fsp3) is 0.400. The van der Waals surface area contributed by atoms with Crippen molar-refractivity contribution in [2.45, 2.75) is 38.5 Å². The summed E-state index contributed by atoms with van der Waals surface area (Å²) in [6, 6.07) is 7.96. The first-order valence-corrected chi connectivity index (χ1v) is 6.83. The Balaban J connectivity index is 2.43. The topological polar surface area (TPSA) is 32.9 Å². The van der Waals surface area contributed by atoms with Gasteiger partial charge in [-0.15, -0.1) is 11.6 Å². The maximum Gasteiger partial charge on any atom is 0.253 e. The van der Waals surface area contributed by atoms with Crippen LogP contribution in [0.2, 0.25) is 0 Å². The SMILES string of the molecule is CCCCC(Cl)c1cc2ccc(C)cc2[nH]c1=O. The number of hydrogen-bond acceptors (Lipinski definition) is 1. The summed E-state index contributed by atoms with van der Waals surface area (Å²) in [7, 11) is 0. The normalized spacial score (nSPS) is 12.8. The maximum absolute atomic E-state index is 12.0. The largest absolute Gasteiger partial charge is 0.322 e. The molecular weight excluding hydrogens is 246 g/mol. The van der Waals surface area contributed by atoms with Gasteiger partial charge in [0.2, 0.25) is 0 Å². The molecule has 1 unspecified atom stereocenters. The zero-order chi connectivity index (χ0) is 13.1. The van der Waals surface area contributed by atoms with E-state index in [0.29, 0.717) is 5.56 Å². The molecular formula is C15H18ClNO. The minimum absolute atomic E-state index is 0.0656. The Morgan fingerprint density at radius 3 is 2.83 bits per heavy atom. The first-order valence-electron chi connectivity index (χ1n) is 6.39. The van der Waals surface area contributed by atoms with Gasteiger partial charge in [0.05, 0.1) is 5.38 Å². The second-order valence-corrected chi connectivity index (χ2v) is 5.28. The number of hydrogen-bond donors (Lipinski definition) is 1. The lowest BCUT2D eigenvalue weighted by molar-refractivity contribution is 0.697. The van der Waals surface area contributed by atoms with Crippen LogP contribution in [0.15, 0.2) is 29.1 Å². The van der Waals surface area contributed by atoms with Gasteiger partial charge in [0.15, 0.2) is 0 Å². The van der Waals surface area contributed by atoms with Crippen LogP contribution in [0.4, 0.5) is 0 Å². The molecule has 3 heteroatoms. The summed E-state index contributed by atoms with van der Waals surface area (Å²) in [5.41, 5.74) is 2.63. The van der Waals surface area contributed by atoms with E-state index in [1.54, 1.807) is 0 Å². The summed E-state index contributed by atoms with van der Waals surface area (Å²) in [6.07, 6.45) is 2.98. The minimum atomic E-state index is -0.195. The zero-order valence-electron chi connectivity index (χ0n) is 10.8. The molecule has 0 saturated heterocycles. The quantitative estimate of drug-likeness (QED) is 0.820. The van der Waals surface area contributed by atoms with Crippen molar-refractivity contribution >= 4 is 22.5 Å². The monoisotopic (exact) mass is 263 g/mol. The predicted molar refractivity (Wildman–Crippen MR) is 77.4 cm³/mol. The molecule has 1 aromatic heterocycles. The Kier molecular flexibility index (Phi) is 4.07. The molecule has 0 radical (unpaired) electrons. The summed E-state index contributed by atoms with van der Waals surface area (Å²) >= 11 is 6.30. The number of benzene rings is 1. The van der Waals surface area contributed by atoms with E-state index in [9.17, 15) is 4.79 Å². The van der Waals surface area contributed by atoms with Gasteiger partial charge in [-0.3, -0.25) is 4.79 Å². The van der Waals surface area contributed by atoms with Crippen molar-refractivity contribution in [3.8, 4) is 0 Å². The highest BCUT2D eigenvalue weighted by Crippen LogP contribution is 2.25. The molecule has 1 N–H and O–H groups in total. The van der Waals surface area contributed by atoms with Gasteiger partial charge >= 0.3 is 0 Å². The number of fused-ring (bicyclic) bond motifs is 1. The summed E-state index contributed by atoms with van der Waals surface area (Å²) in [5, 5.41) is 0.844. The minimum Gasteiger partial charge on any atom is -0.322 e. The average molecular weight is 264 g/mol. The van der Waals surface area contributed by atoms with Gasteiger partial charge in [0.25, 0.3) is 5.56 Å². The molecule has 96 valence electrons. The van der Waals surface area contributed by atoms with Crippen LogP contribution in [-0.2, 0) is 0 Å². The average Bonchev–Trinajstić information content (AvgIpc) is 2.35. The van der Waals surface area contributed by atoms with E-state index in [4.69, 9.17) is 11.6 Å². The van der Waals surface area contributed by atoms with Crippen molar-refractivity contribution in [3.63, 3.8) is 0 Å². The molecule has 1 aromatic carbocycles. The molecule has 0 aliphatic carbocycles. The number of H-pyrrole nitrogens is 1. The highest BCUT2D eigenvalue weighted by Gasteiger charge is 2.12. The molecule has 0 amide bonds. The molecule has 2 nitrogen and oxygen atoms in total. The second kappa shape index (κ2) is 5.57. The fourth-order valence-corrected chi connectivity index (χ4v) is 2.42. The number of aryl methyl sites for hydroxylation is 1. The number of pyridine rings is 1. The van der Waals surface area contributed by atoms with Crippen LogP contribution in [0, 0.1) is 6.92 Å². The highest BCUT2D eigenvalue weighted by atomic mass is 35.5. The van der Waals surface area contributed by atoms with E-state index in [2.05, 4.69) is 11.9 Å². The van der Waals surface area contributed by atoms with E-state index >= 15 is 0 Å². The van der Waals surface area contributed by atoms with E-state index in [1.165, 1.54) is 0 Å². The third-order valence-electron chi connectivity index (χ3n) is 3.18. The van der Waals surface area contributed by atoms with Crippen LogP contribution in [0.5, 0.6) is 0 Å². The Morgan fingerprint density at radius 2 is 2.11 bits per heavy atom. The third kappa shape index (κ3) is 2.75. The van der Waals surface area contributed by atoms with Gasteiger partial charge in [-0.2, -0.15) is 0 Å². The first kappa shape index (κ1) is 13.2. The Hall–Kier alpha value is -1.28. The molecule has 2 rings (SSSR count). The standard InChI is InChI=1S/C15H18ClNO/c1-3-4-5-13(16)12-9-11-7-6-10(2)8-14(11)17-15(12)18/h6-9,13H,3-5H2,1-2H3,(H,17,18). The smallest absolute Gasteiger partial charge is 0.253 e. The van der Waals surface area contributed by atoms with Gasteiger partial charge in [0, 0.05) is 11.1 Å². The molecule has 1 heterocycles. The number of halogens is 1. The number of alkyl halides is 1. The fourth-order valence-electron chi connectivity index (χ4n) is 2.10. The Labute approximate surface area is 112 Å². The Morgan fingerprint density at radius 1 is 1.33 bits per heavy atom. The van der Waals surface area contributed by atoms with Gasteiger partial charge in [-0.1, -0.05) is 31.9 Å². The molecule has 0 bridgehead atoms. The number of rotatable bonds is 4. The van der Waals surface area contributed by atoms with Gasteiger partial charge in [-0.25, -0.2) is 0 Å². The molecule has 18 heavy (non-hydrogen) atoms. The second-order valence-electron chi connectivity index (χ2n) is 4.75. The zero-order valence-corrected chi connectivity index (χ0v) is 11.6. The molecule has 2 aromatic rings. The number of nitrogens with one attached hydrogen (secondary N) is 1. The highest BCUT2D eigenvalue weighted by molar-refractivity contribution is 6.20. The van der Waals surface area contributed by atoms with Crippen LogP contribution >= 0.6 is 11.6 Å². The van der Waals surface area contributed by atoms with Crippen LogP contribution in [-0.4, -0.2) is 4.98 Å². The molecule has 0 fully saturated rings. The lowest BCUT2D eigenvalue weighted by Gasteiger charge is -2.09. The van der Waals surface area contributed by atoms with E-state index < -0.39 is 0 Å². The molecule has 0 saturated carbocycles. The summed E-state index contributed by atoms with van der Waals surface area (Å²) < 4.78 is 0. The van der Waals surface area contributed by atoms with E-state index in [-0.39, 0.29) is 10.9 Å². The van der Waals surface area contributed by atoms with Crippen LogP contribution in [0.25, 0.3) is 10.9 Å². The van der Waals surface area contributed by atoms with Crippen molar-refractivity contribution in [1.29, 1.82) is 0 Å². The summed E-state index contributed by atoms with van der Waals surface area (Å²) in [5.74, 6) is 0. The predicted octanol–water partition coefficient (Wildman–Crippen LogP) is 4.31. The number of aromatic amines is 1. The van der Waals surface area contributed by atoms with Crippen molar-refractivity contribution in [3.05, 3.63) is 45.7 Å². The van der Waals surface area contributed by atoms with Gasteiger partial charge < -0.3 is 4.98 Å². The van der Waals surface area contributed by atoms with Crippen molar-refractivity contribution < 1.29 is 0 Å². The Bertz CT molecular complexity index is 603.